The van der Waals surface area contributed by atoms with Crippen LogP contribution in [0.5, 0.6) is 0 Å². The smallest absolute Gasteiger partial charge is 0.150 e. The van der Waals surface area contributed by atoms with Crippen LogP contribution in [-0.4, -0.2) is 7.38 Å². The van der Waals surface area contributed by atoms with Crippen molar-refractivity contribution in [3.63, 3.8) is 0 Å². The quantitative estimate of drug-likeness (QED) is 0.474. The molecule has 0 aromatic rings. The lowest BCUT2D eigenvalue weighted by molar-refractivity contribution is 0.912. The van der Waals surface area contributed by atoms with E-state index in [2.05, 4.69) is 31.3 Å². The summed E-state index contributed by atoms with van der Waals surface area (Å²) in [5.41, 5.74) is 1.50. The Hall–Kier alpha value is -0.0131. The Bertz CT molecular complexity index is 198. The van der Waals surface area contributed by atoms with Crippen LogP contribution >= 0.6 is 11.1 Å². The highest BCUT2D eigenvalue weighted by Gasteiger charge is 2.15. The minimum atomic E-state index is -1.31. The van der Waals surface area contributed by atoms with Crippen molar-refractivity contribution < 1.29 is 0 Å². The first kappa shape index (κ1) is 10.1. The standard InChI is InChI=1S/C10H17ClSi/c1-12(2,11)9-5-8-10-6-3-4-7-10/h3,6-7H,4-5,8-9H2,1-2H3. The third kappa shape index (κ3) is 4.12. The molecule has 1 aliphatic carbocycles. The number of hydrogen-bond donors (Lipinski definition) is 0. The van der Waals surface area contributed by atoms with Crippen LogP contribution in [0.1, 0.15) is 19.3 Å². The fraction of sp³-hybridized carbons (Fsp3) is 0.600. The largest absolute Gasteiger partial charge is 0.168 e. The molecule has 0 amide bonds. The topological polar surface area (TPSA) is 0 Å². The molecule has 0 aromatic carbocycles. The van der Waals surface area contributed by atoms with Gasteiger partial charge in [-0.1, -0.05) is 43.3 Å². The van der Waals surface area contributed by atoms with E-state index in [9.17, 15) is 0 Å². The third-order valence-corrected chi connectivity index (χ3v) is 4.19. The van der Waals surface area contributed by atoms with Gasteiger partial charge in [0.15, 0.2) is 7.38 Å². The Labute approximate surface area is 81.0 Å². The van der Waals surface area contributed by atoms with Crippen molar-refractivity contribution in [1.82, 2.24) is 0 Å². The van der Waals surface area contributed by atoms with Gasteiger partial charge in [0.05, 0.1) is 0 Å². The molecule has 0 unspecified atom stereocenters. The van der Waals surface area contributed by atoms with E-state index in [1.807, 2.05) is 0 Å². The molecule has 0 nitrogen and oxygen atoms in total. The molecule has 1 aliphatic rings. The zero-order valence-electron chi connectivity index (χ0n) is 7.94. The maximum atomic E-state index is 6.22. The number of hydrogen-bond acceptors (Lipinski definition) is 0. The van der Waals surface area contributed by atoms with Gasteiger partial charge in [-0.15, -0.1) is 0 Å². The van der Waals surface area contributed by atoms with Crippen LogP contribution in [0, 0.1) is 0 Å². The van der Waals surface area contributed by atoms with Gasteiger partial charge in [-0.3, -0.25) is 0 Å². The Morgan fingerprint density at radius 1 is 1.50 bits per heavy atom. The minimum Gasteiger partial charge on any atom is -0.168 e. The second kappa shape index (κ2) is 4.29. The zero-order chi connectivity index (χ0) is 9.03. The molecule has 12 heavy (non-hydrogen) atoms. The van der Waals surface area contributed by atoms with Crippen molar-refractivity contribution in [2.75, 3.05) is 0 Å². The average molecular weight is 201 g/mol. The van der Waals surface area contributed by atoms with Gasteiger partial charge in [0.2, 0.25) is 0 Å². The Morgan fingerprint density at radius 2 is 2.25 bits per heavy atom. The lowest BCUT2D eigenvalue weighted by Gasteiger charge is -2.11. The molecule has 0 fully saturated rings. The van der Waals surface area contributed by atoms with E-state index in [1.54, 1.807) is 0 Å². The van der Waals surface area contributed by atoms with E-state index in [0.717, 1.165) is 6.42 Å². The fourth-order valence-corrected chi connectivity index (χ4v) is 2.82. The maximum Gasteiger partial charge on any atom is 0.150 e. The molecule has 0 radical (unpaired) electrons. The highest BCUT2D eigenvalue weighted by atomic mass is 35.6. The van der Waals surface area contributed by atoms with Crippen LogP contribution in [0.25, 0.3) is 0 Å². The molecule has 0 bridgehead atoms. The van der Waals surface area contributed by atoms with Gasteiger partial charge >= 0.3 is 0 Å². The van der Waals surface area contributed by atoms with Crippen molar-refractivity contribution >= 4 is 18.5 Å². The van der Waals surface area contributed by atoms with E-state index < -0.39 is 7.38 Å². The van der Waals surface area contributed by atoms with Gasteiger partial charge in [-0.25, -0.2) is 0 Å². The number of allylic oxidation sites excluding steroid dienone is 4. The lowest BCUT2D eigenvalue weighted by Crippen LogP contribution is -2.14. The Kier molecular flexibility index (Phi) is 3.60. The summed E-state index contributed by atoms with van der Waals surface area (Å²) < 4.78 is 0. The molecule has 68 valence electrons. The molecule has 0 aliphatic heterocycles. The van der Waals surface area contributed by atoms with Crippen molar-refractivity contribution in [2.24, 2.45) is 0 Å². The van der Waals surface area contributed by atoms with Crippen LogP contribution in [0.2, 0.25) is 19.1 Å². The summed E-state index contributed by atoms with van der Waals surface area (Å²) in [6.45, 7) is 4.43. The van der Waals surface area contributed by atoms with Crippen molar-refractivity contribution in [3.8, 4) is 0 Å². The first-order chi connectivity index (χ1) is 5.58. The Balaban J connectivity index is 2.14. The molecule has 0 spiro atoms. The monoisotopic (exact) mass is 200 g/mol. The Morgan fingerprint density at radius 3 is 2.75 bits per heavy atom. The van der Waals surface area contributed by atoms with Gasteiger partial charge in [0, 0.05) is 0 Å². The van der Waals surface area contributed by atoms with Crippen molar-refractivity contribution in [2.45, 2.75) is 38.4 Å². The number of halogens is 1. The lowest BCUT2D eigenvalue weighted by atomic mass is 10.2. The van der Waals surface area contributed by atoms with Crippen molar-refractivity contribution in [1.29, 1.82) is 0 Å². The van der Waals surface area contributed by atoms with E-state index >= 15 is 0 Å². The molecule has 0 saturated carbocycles. The van der Waals surface area contributed by atoms with E-state index in [1.165, 1.54) is 24.5 Å². The summed E-state index contributed by atoms with van der Waals surface area (Å²) in [6, 6.07) is 1.24. The maximum absolute atomic E-state index is 6.22. The van der Waals surface area contributed by atoms with Crippen LogP contribution in [-0.2, 0) is 0 Å². The van der Waals surface area contributed by atoms with E-state index in [-0.39, 0.29) is 0 Å². The molecular formula is C10H17ClSi. The third-order valence-electron chi connectivity index (χ3n) is 2.08. The molecule has 0 aromatic heterocycles. The van der Waals surface area contributed by atoms with Crippen molar-refractivity contribution in [3.05, 3.63) is 23.8 Å². The summed E-state index contributed by atoms with van der Waals surface area (Å²) in [7, 11) is -1.31. The van der Waals surface area contributed by atoms with Crippen LogP contribution in [0.3, 0.4) is 0 Å². The summed E-state index contributed by atoms with van der Waals surface area (Å²) in [5, 5.41) is 0. The van der Waals surface area contributed by atoms with Gasteiger partial charge in [0.25, 0.3) is 0 Å². The molecule has 0 atom stereocenters. The first-order valence-electron chi connectivity index (χ1n) is 4.62. The molecule has 0 N–H and O–H groups in total. The predicted octanol–water partition coefficient (Wildman–Crippen LogP) is 4.10. The van der Waals surface area contributed by atoms with Gasteiger partial charge in [-0.05, 0) is 18.9 Å². The van der Waals surface area contributed by atoms with Crippen LogP contribution in [0.4, 0.5) is 0 Å². The second-order valence-electron chi connectivity index (χ2n) is 3.99. The summed E-state index contributed by atoms with van der Waals surface area (Å²) in [4.78, 5) is 0. The highest BCUT2D eigenvalue weighted by Crippen LogP contribution is 2.21. The van der Waals surface area contributed by atoms with Gasteiger partial charge in [-0.2, -0.15) is 11.1 Å². The molecule has 1 rings (SSSR count). The van der Waals surface area contributed by atoms with Crippen LogP contribution in [0.15, 0.2) is 23.8 Å². The molecule has 2 heteroatoms. The molecule has 0 heterocycles. The second-order valence-corrected chi connectivity index (χ2v) is 11.0. The first-order valence-corrected chi connectivity index (χ1v) is 8.84. The number of rotatable bonds is 4. The molecular weight excluding hydrogens is 184 g/mol. The van der Waals surface area contributed by atoms with Crippen LogP contribution < -0.4 is 0 Å². The minimum absolute atomic E-state index is 1.14. The van der Waals surface area contributed by atoms with E-state index in [4.69, 9.17) is 11.1 Å². The predicted molar refractivity (Wildman–Crippen MR) is 59.2 cm³/mol. The normalized spacial score (nSPS) is 16.8. The average Bonchev–Trinajstić information content (AvgIpc) is 2.36. The summed E-state index contributed by atoms with van der Waals surface area (Å²) >= 11 is 6.22. The van der Waals surface area contributed by atoms with E-state index in [0.29, 0.717) is 0 Å². The summed E-state index contributed by atoms with van der Waals surface area (Å²) in [5.74, 6) is 0. The summed E-state index contributed by atoms with van der Waals surface area (Å²) in [6.07, 6.45) is 10.4. The van der Waals surface area contributed by atoms with Gasteiger partial charge in [0.1, 0.15) is 0 Å². The van der Waals surface area contributed by atoms with Gasteiger partial charge < -0.3 is 0 Å². The highest BCUT2D eigenvalue weighted by molar-refractivity contribution is 7.19. The zero-order valence-corrected chi connectivity index (χ0v) is 9.69. The SMILES string of the molecule is C[Si](C)(Cl)CCCC1=CCC=C1. The fourth-order valence-electron chi connectivity index (χ4n) is 1.41. The molecule has 0 saturated heterocycles.